The highest BCUT2D eigenvalue weighted by Crippen LogP contribution is 2.22. The van der Waals surface area contributed by atoms with Crippen LogP contribution in [0, 0.1) is 0 Å². The smallest absolute Gasteiger partial charge is 0.227 e. The molecule has 1 amide bonds. The molecule has 0 aliphatic carbocycles. The average Bonchev–Trinajstić information content (AvgIpc) is 3.28. The number of aromatic nitrogens is 1. The number of piperidine rings is 1. The third-order valence-corrected chi connectivity index (χ3v) is 6.04. The number of benzene rings is 1. The number of carbonyl (C=O) groups is 1. The van der Waals surface area contributed by atoms with Crippen LogP contribution in [0.3, 0.4) is 0 Å². The van der Waals surface area contributed by atoms with Gasteiger partial charge in [0.15, 0.2) is 5.96 Å². The van der Waals surface area contributed by atoms with E-state index in [0.29, 0.717) is 19.5 Å². The Hall–Kier alpha value is -3.09. The minimum Gasteiger partial charge on any atom is -0.357 e. The predicted molar refractivity (Wildman–Crippen MR) is 130 cm³/mol. The van der Waals surface area contributed by atoms with Crippen molar-refractivity contribution in [3.8, 4) is 0 Å². The first-order valence-electron chi connectivity index (χ1n) is 11.8. The van der Waals surface area contributed by atoms with Gasteiger partial charge in [0.1, 0.15) is 5.82 Å². The summed E-state index contributed by atoms with van der Waals surface area (Å²) >= 11 is 0. The molecule has 0 atom stereocenters. The SMILES string of the molecule is CCNC(=NCc1ccnc(N2CCCCC2)c1)NCc1ccc(N2CCCC2=O)cc1. The van der Waals surface area contributed by atoms with Gasteiger partial charge in [-0.25, -0.2) is 9.98 Å². The normalized spacial score (nSPS) is 17.0. The summed E-state index contributed by atoms with van der Waals surface area (Å²) < 4.78 is 0. The minimum absolute atomic E-state index is 0.219. The van der Waals surface area contributed by atoms with E-state index in [4.69, 9.17) is 4.99 Å². The summed E-state index contributed by atoms with van der Waals surface area (Å²) in [7, 11) is 0. The van der Waals surface area contributed by atoms with E-state index in [1.54, 1.807) is 0 Å². The van der Waals surface area contributed by atoms with E-state index >= 15 is 0 Å². The van der Waals surface area contributed by atoms with Crippen molar-refractivity contribution >= 4 is 23.4 Å². The van der Waals surface area contributed by atoms with Crippen LogP contribution >= 0.6 is 0 Å². The Labute approximate surface area is 190 Å². The molecule has 170 valence electrons. The Bertz CT molecular complexity index is 920. The largest absolute Gasteiger partial charge is 0.357 e. The van der Waals surface area contributed by atoms with Crippen LogP contribution in [0.2, 0.25) is 0 Å². The summed E-state index contributed by atoms with van der Waals surface area (Å²) in [5, 5.41) is 6.74. The van der Waals surface area contributed by atoms with Crippen LogP contribution < -0.4 is 20.4 Å². The number of carbonyl (C=O) groups excluding carboxylic acids is 1. The maximum atomic E-state index is 11.9. The molecule has 0 spiro atoms. The Balaban J connectivity index is 1.34. The molecule has 2 aliphatic heterocycles. The molecular weight excluding hydrogens is 400 g/mol. The molecule has 32 heavy (non-hydrogen) atoms. The Morgan fingerprint density at radius 2 is 1.81 bits per heavy atom. The second-order valence-electron chi connectivity index (χ2n) is 8.43. The minimum atomic E-state index is 0.219. The summed E-state index contributed by atoms with van der Waals surface area (Å²) in [6.45, 7) is 7.16. The van der Waals surface area contributed by atoms with Crippen molar-refractivity contribution in [2.75, 3.05) is 36.0 Å². The number of nitrogens with one attached hydrogen (secondary N) is 2. The van der Waals surface area contributed by atoms with Gasteiger partial charge in [0.25, 0.3) is 0 Å². The lowest BCUT2D eigenvalue weighted by atomic mass is 10.1. The zero-order valence-electron chi connectivity index (χ0n) is 19.0. The molecule has 2 fully saturated rings. The number of pyridine rings is 1. The molecule has 0 radical (unpaired) electrons. The van der Waals surface area contributed by atoms with Crippen LogP contribution in [0.5, 0.6) is 0 Å². The highest BCUT2D eigenvalue weighted by atomic mass is 16.2. The molecule has 0 bridgehead atoms. The zero-order valence-corrected chi connectivity index (χ0v) is 19.0. The van der Waals surface area contributed by atoms with Crippen LogP contribution in [0.25, 0.3) is 0 Å². The van der Waals surface area contributed by atoms with Gasteiger partial charge in [-0.05, 0) is 68.0 Å². The van der Waals surface area contributed by atoms with Crippen molar-refractivity contribution in [2.24, 2.45) is 4.99 Å². The van der Waals surface area contributed by atoms with Crippen molar-refractivity contribution in [2.45, 2.75) is 52.1 Å². The number of rotatable bonds is 7. The molecule has 2 N–H and O–H groups in total. The lowest BCUT2D eigenvalue weighted by Gasteiger charge is -2.27. The van der Waals surface area contributed by atoms with Gasteiger partial charge in [0.05, 0.1) is 6.54 Å². The second-order valence-corrected chi connectivity index (χ2v) is 8.43. The van der Waals surface area contributed by atoms with Crippen LogP contribution in [-0.2, 0) is 17.9 Å². The Morgan fingerprint density at radius 3 is 2.53 bits per heavy atom. The molecule has 1 aromatic carbocycles. The molecule has 3 heterocycles. The quantitative estimate of drug-likeness (QED) is 0.516. The number of amides is 1. The number of nitrogens with zero attached hydrogens (tertiary/aromatic N) is 4. The van der Waals surface area contributed by atoms with Crippen molar-refractivity contribution in [3.05, 3.63) is 53.7 Å². The fourth-order valence-electron chi connectivity index (χ4n) is 4.27. The summed E-state index contributed by atoms with van der Waals surface area (Å²) in [5.41, 5.74) is 3.30. The van der Waals surface area contributed by atoms with Crippen molar-refractivity contribution in [1.29, 1.82) is 0 Å². The zero-order chi connectivity index (χ0) is 22.2. The summed E-state index contributed by atoms with van der Waals surface area (Å²) in [4.78, 5) is 25.5. The van der Waals surface area contributed by atoms with Gasteiger partial charge in [-0.1, -0.05) is 12.1 Å². The van der Waals surface area contributed by atoms with E-state index in [1.165, 1.54) is 19.3 Å². The molecule has 4 rings (SSSR count). The predicted octanol–water partition coefficient (Wildman–Crippen LogP) is 3.45. The second kappa shape index (κ2) is 11.0. The summed E-state index contributed by atoms with van der Waals surface area (Å²) in [6, 6.07) is 12.4. The maximum Gasteiger partial charge on any atom is 0.227 e. The lowest BCUT2D eigenvalue weighted by molar-refractivity contribution is -0.117. The van der Waals surface area contributed by atoms with Gasteiger partial charge >= 0.3 is 0 Å². The molecular formula is C25H34N6O. The van der Waals surface area contributed by atoms with Crippen LogP contribution in [0.1, 0.15) is 50.2 Å². The Morgan fingerprint density at radius 1 is 1.00 bits per heavy atom. The molecule has 2 saturated heterocycles. The molecule has 0 unspecified atom stereocenters. The van der Waals surface area contributed by atoms with Gasteiger partial charge in [-0.15, -0.1) is 0 Å². The van der Waals surface area contributed by atoms with Crippen molar-refractivity contribution in [3.63, 3.8) is 0 Å². The van der Waals surface area contributed by atoms with E-state index < -0.39 is 0 Å². The van der Waals surface area contributed by atoms with E-state index in [9.17, 15) is 4.79 Å². The first-order valence-corrected chi connectivity index (χ1v) is 11.8. The van der Waals surface area contributed by atoms with E-state index in [1.807, 2.05) is 29.3 Å². The fraction of sp³-hybridized carbons (Fsp3) is 0.480. The van der Waals surface area contributed by atoms with Gasteiger partial charge in [0, 0.05) is 51.0 Å². The maximum absolute atomic E-state index is 11.9. The van der Waals surface area contributed by atoms with Crippen LogP contribution in [-0.4, -0.2) is 43.0 Å². The average molecular weight is 435 g/mol. The summed E-state index contributed by atoms with van der Waals surface area (Å²) in [5.74, 6) is 2.08. The van der Waals surface area contributed by atoms with Crippen molar-refractivity contribution < 1.29 is 4.79 Å². The van der Waals surface area contributed by atoms with Gasteiger partial charge in [0.2, 0.25) is 5.91 Å². The monoisotopic (exact) mass is 434 g/mol. The van der Waals surface area contributed by atoms with Crippen molar-refractivity contribution in [1.82, 2.24) is 15.6 Å². The van der Waals surface area contributed by atoms with E-state index in [2.05, 4.69) is 45.6 Å². The first kappa shape index (κ1) is 22.1. The number of guanidine groups is 1. The third kappa shape index (κ3) is 5.78. The highest BCUT2D eigenvalue weighted by molar-refractivity contribution is 5.95. The molecule has 7 heteroatoms. The van der Waals surface area contributed by atoms with E-state index in [0.717, 1.165) is 61.2 Å². The van der Waals surface area contributed by atoms with E-state index in [-0.39, 0.29) is 5.91 Å². The molecule has 7 nitrogen and oxygen atoms in total. The third-order valence-electron chi connectivity index (χ3n) is 6.04. The van der Waals surface area contributed by atoms with Gasteiger partial charge in [-0.2, -0.15) is 0 Å². The molecule has 2 aromatic rings. The number of hydrogen-bond donors (Lipinski definition) is 2. The number of hydrogen-bond acceptors (Lipinski definition) is 4. The highest BCUT2D eigenvalue weighted by Gasteiger charge is 2.21. The molecule has 2 aliphatic rings. The summed E-state index contributed by atoms with van der Waals surface area (Å²) in [6.07, 6.45) is 7.30. The van der Waals surface area contributed by atoms with Gasteiger partial charge < -0.3 is 20.4 Å². The topological polar surface area (TPSA) is 72.9 Å². The van der Waals surface area contributed by atoms with Crippen LogP contribution in [0.15, 0.2) is 47.6 Å². The standard InChI is InChI=1S/C25H34N6O/c1-2-26-25(28-18-20-8-10-22(11-9-20)31-16-6-7-24(31)32)29-19-21-12-13-27-23(17-21)30-14-4-3-5-15-30/h8-13,17H,2-7,14-16,18-19H2,1H3,(H2,26,28,29). The molecule has 0 saturated carbocycles. The fourth-order valence-corrected chi connectivity index (χ4v) is 4.27. The number of anilines is 2. The Kier molecular flexibility index (Phi) is 7.59. The first-order chi connectivity index (χ1) is 15.7. The number of aliphatic imine (C=N–C) groups is 1. The lowest BCUT2D eigenvalue weighted by Crippen LogP contribution is -2.36. The van der Waals surface area contributed by atoms with Crippen LogP contribution in [0.4, 0.5) is 11.5 Å². The van der Waals surface area contributed by atoms with Gasteiger partial charge in [-0.3, -0.25) is 4.79 Å². The molecule has 1 aromatic heterocycles.